The molecule has 0 spiro atoms. The Kier molecular flexibility index (Phi) is 8.48. The highest BCUT2D eigenvalue weighted by atomic mass is 15.4. The molecule has 4 aromatic rings. The monoisotopic (exact) mass is 445 g/mol. The van der Waals surface area contributed by atoms with E-state index in [1.165, 1.54) is 16.7 Å². The van der Waals surface area contributed by atoms with Gasteiger partial charge in [-0.05, 0) is 57.2 Å². The second kappa shape index (κ2) is 10.7. The van der Waals surface area contributed by atoms with Gasteiger partial charge >= 0.3 is 0 Å². The Labute approximate surface area is 199 Å². The average Bonchev–Trinajstić information content (AvgIpc) is 3.23. The van der Waals surface area contributed by atoms with Gasteiger partial charge in [0.15, 0.2) is 0 Å². The molecule has 0 amide bonds. The Balaban J connectivity index is 0.000000178. The number of rotatable bonds is 0. The summed E-state index contributed by atoms with van der Waals surface area (Å²) < 4.78 is 1.81. The molecule has 0 aromatic carbocycles. The number of fused-ring (bicyclic) bond motifs is 1. The standard InChI is InChI=1S/C10H13N3.2C9H13N/c1-10(2,3)8-5-4-6-13-9(8)7-11-12-13;1-9(2,3)8-4-6-10-7-5-8;1-9(2,3)8-5-4-6-10-7-8/h4-7H,1-3H3;2*4-7H,1-3H3. The molecule has 4 aromatic heterocycles. The number of nitrogens with zero attached hydrogens (tertiary/aromatic N) is 5. The van der Waals surface area contributed by atoms with E-state index in [1.807, 2.05) is 36.9 Å². The minimum atomic E-state index is 0.143. The molecule has 0 unspecified atom stereocenters. The first kappa shape index (κ1) is 26.2. The third-order valence-corrected chi connectivity index (χ3v) is 5.22. The van der Waals surface area contributed by atoms with Crippen molar-refractivity contribution in [1.82, 2.24) is 24.8 Å². The summed E-state index contributed by atoms with van der Waals surface area (Å²) in [6.07, 6.45) is 11.1. The molecule has 4 heterocycles. The smallest absolute Gasteiger partial charge is 0.0902 e. The van der Waals surface area contributed by atoms with E-state index in [2.05, 4.69) is 107 Å². The molecular weight excluding hydrogens is 406 g/mol. The lowest BCUT2D eigenvalue weighted by Gasteiger charge is -2.19. The van der Waals surface area contributed by atoms with Crippen LogP contribution in [0.2, 0.25) is 0 Å². The van der Waals surface area contributed by atoms with Gasteiger partial charge in [0.1, 0.15) is 0 Å². The maximum Gasteiger partial charge on any atom is 0.0902 e. The fourth-order valence-electron chi connectivity index (χ4n) is 3.15. The van der Waals surface area contributed by atoms with Crippen molar-refractivity contribution in [2.75, 3.05) is 0 Å². The van der Waals surface area contributed by atoms with Crippen LogP contribution in [0.1, 0.15) is 79.0 Å². The summed E-state index contributed by atoms with van der Waals surface area (Å²) in [5.74, 6) is 0. The molecule has 0 aliphatic heterocycles. The molecule has 0 saturated carbocycles. The minimum absolute atomic E-state index is 0.143. The fraction of sp³-hybridized carbons (Fsp3) is 0.429. The van der Waals surface area contributed by atoms with Crippen molar-refractivity contribution in [3.05, 3.63) is 90.3 Å². The molecule has 0 saturated heterocycles. The molecular formula is C28H39N5. The summed E-state index contributed by atoms with van der Waals surface area (Å²) in [6.45, 7) is 19.7. The topological polar surface area (TPSA) is 56.0 Å². The van der Waals surface area contributed by atoms with E-state index in [0.717, 1.165) is 5.52 Å². The Morgan fingerprint density at radius 2 is 1.24 bits per heavy atom. The Morgan fingerprint density at radius 3 is 1.70 bits per heavy atom. The highest BCUT2D eigenvalue weighted by molar-refractivity contribution is 5.54. The molecule has 176 valence electrons. The normalized spacial score (nSPS) is 11.8. The number of aromatic nitrogens is 5. The highest BCUT2D eigenvalue weighted by Gasteiger charge is 2.17. The van der Waals surface area contributed by atoms with E-state index >= 15 is 0 Å². The lowest BCUT2D eigenvalue weighted by atomic mass is 9.87. The van der Waals surface area contributed by atoms with Crippen LogP contribution in [-0.4, -0.2) is 24.8 Å². The second-order valence-electron chi connectivity index (χ2n) is 11.2. The summed E-state index contributed by atoms with van der Waals surface area (Å²) in [6, 6.07) is 12.3. The maximum absolute atomic E-state index is 4.05. The van der Waals surface area contributed by atoms with Crippen molar-refractivity contribution in [2.45, 2.75) is 78.6 Å². The molecule has 0 N–H and O–H groups in total. The first-order valence-corrected chi connectivity index (χ1v) is 11.4. The number of pyridine rings is 3. The van der Waals surface area contributed by atoms with E-state index in [-0.39, 0.29) is 16.2 Å². The van der Waals surface area contributed by atoms with Crippen molar-refractivity contribution < 1.29 is 0 Å². The van der Waals surface area contributed by atoms with Gasteiger partial charge in [-0.15, -0.1) is 5.10 Å². The Hall–Kier alpha value is -3.08. The van der Waals surface area contributed by atoms with Crippen LogP contribution in [0.3, 0.4) is 0 Å². The first-order chi connectivity index (χ1) is 15.3. The van der Waals surface area contributed by atoms with Crippen LogP contribution in [0.5, 0.6) is 0 Å². The van der Waals surface area contributed by atoms with E-state index in [9.17, 15) is 0 Å². The Bertz CT molecular complexity index is 1050. The van der Waals surface area contributed by atoms with Gasteiger partial charge in [-0.1, -0.05) is 79.7 Å². The average molecular weight is 446 g/mol. The lowest BCUT2D eigenvalue weighted by Crippen LogP contribution is -2.12. The van der Waals surface area contributed by atoms with Gasteiger partial charge in [0, 0.05) is 31.0 Å². The zero-order chi connectivity index (χ0) is 24.7. The molecule has 0 bridgehead atoms. The van der Waals surface area contributed by atoms with Crippen LogP contribution in [0.4, 0.5) is 0 Å². The molecule has 0 aliphatic rings. The fourth-order valence-corrected chi connectivity index (χ4v) is 3.15. The SMILES string of the molecule is CC(C)(C)c1cccn2nncc12.CC(C)(C)c1cccnc1.CC(C)(C)c1ccncc1. The molecule has 0 fully saturated rings. The van der Waals surface area contributed by atoms with Gasteiger partial charge in [0.05, 0.1) is 11.7 Å². The van der Waals surface area contributed by atoms with Gasteiger partial charge < -0.3 is 0 Å². The van der Waals surface area contributed by atoms with Crippen LogP contribution in [-0.2, 0) is 16.2 Å². The molecule has 5 heteroatoms. The van der Waals surface area contributed by atoms with Gasteiger partial charge in [0.25, 0.3) is 0 Å². The van der Waals surface area contributed by atoms with Crippen molar-refractivity contribution in [3.8, 4) is 0 Å². The molecule has 0 radical (unpaired) electrons. The van der Waals surface area contributed by atoms with Crippen LogP contribution in [0.15, 0.2) is 73.6 Å². The van der Waals surface area contributed by atoms with Crippen molar-refractivity contribution in [1.29, 1.82) is 0 Å². The van der Waals surface area contributed by atoms with Crippen LogP contribution in [0, 0.1) is 0 Å². The van der Waals surface area contributed by atoms with Crippen molar-refractivity contribution in [3.63, 3.8) is 0 Å². The number of hydrogen-bond donors (Lipinski definition) is 0. The van der Waals surface area contributed by atoms with Crippen molar-refractivity contribution in [2.24, 2.45) is 0 Å². The van der Waals surface area contributed by atoms with Crippen molar-refractivity contribution >= 4 is 5.52 Å². The van der Waals surface area contributed by atoms with Crippen LogP contribution in [0.25, 0.3) is 5.52 Å². The molecule has 4 rings (SSSR count). The van der Waals surface area contributed by atoms with Gasteiger partial charge in [-0.25, -0.2) is 4.52 Å². The predicted molar refractivity (Wildman–Crippen MR) is 138 cm³/mol. The number of hydrogen-bond acceptors (Lipinski definition) is 4. The van der Waals surface area contributed by atoms with E-state index in [1.54, 1.807) is 16.9 Å². The predicted octanol–water partition coefficient (Wildman–Crippen LogP) is 6.79. The molecule has 0 atom stereocenters. The lowest BCUT2D eigenvalue weighted by molar-refractivity contribution is 0.587. The van der Waals surface area contributed by atoms with Crippen LogP contribution < -0.4 is 0 Å². The molecule has 0 aliphatic carbocycles. The van der Waals surface area contributed by atoms with E-state index < -0.39 is 0 Å². The van der Waals surface area contributed by atoms with E-state index in [4.69, 9.17) is 0 Å². The molecule has 5 nitrogen and oxygen atoms in total. The molecule has 33 heavy (non-hydrogen) atoms. The summed E-state index contributed by atoms with van der Waals surface area (Å²) in [7, 11) is 0. The second-order valence-corrected chi connectivity index (χ2v) is 11.2. The summed E-state index contributed by atoms with van der Waals surface area (Å²) in [5.41, 5.74) is 5.62. The van der Waals surface area contributed by atoms with Crippen LogP contribution >= 0.6 is 0 Å². The zero-order valence-electron chi connectivity index (χ0n) is 21.7. The summed E-state index contributed by atoms with van der Waals surface area (Å²) >= 11 is 0. The quantitative estimate of drug-likeness (QED) is 0.299. The zero-order valence-corrected chi connectivity index (χ0v) is 21.7. The highest BCUT2D eigenvalue weighted by Crippen LogP contribution is 2.25. The first-order valence-electron chi connectivity index (χ1n) is 11.4. The van der Waals surface area contributed by atoms with E-state index in [0.29, 0.717) is 0 Å². The summed E-state index contributed by atoms with van der Waals surface area (Å²) in [5, 5.41) is 7.85. The largest absolute Gasteiger partial charge is 0.265 e. The third-order valence-electron chi connectivity index (χ3n) is 5.22. The van der Waals surface area contributed by atoms with Gasteiger partial charge in [-0.3, -0.25) is 9.97 Å². The summed E-state index contributed by atoms with van der Waals surface area (Å²) in [4.78, 5) is 8.01. The van der Waals surface area contributed by atoms with Gasteiger partial charge in [-0.2, -0.15) is 0 Å². The minimum Gasteiger partial charge on any atom is -0.265 e. The third kappa shape index (κ3) is 8.08. The van der Waals surface area contributed by atoms with Gasteiger partial charge in [0.2, 0.25) is 0 Å². The maximum atomic E-state index is 4.05. The Morgan fingerprint density at radius 1 is 0.606 bits per heavy atom.